The number of nitrogens with zero attached hydrogens (tertiary/aromatic N) is 1. The first-order chi connectivity index (χ1) is 10.7. The number of rotatable bonds is 6. The van der Waals surface area contributed by atoms with Gasteiger partial charge in [0.2, 0.25) is 0 Å². The predicted molar refractivity (Wildman–Crippen MR) is 81.6 cm³/mol. The number of guanidine groups is 1. The van der Waals surface area contributed by atoms with Gasteiger partial charge in [-0.15, -0.1) is 0 Å². The van der Waals surface area contributed by atoms with Gasteiger partial charge in [-0.1, -0.05) is 6.07 Å². The van der Waals surface area contributed by atoms with Gasteiger partial charge < -0.3 is 15.1 Å². The minimum atomic E-state index is -0.567. The molecule has 1 aromatic heterocycles. The Morgan fingerprint density at radius 3 is 2.77 bits per heavy atom. The number of furan rings is 1. The van der Waals surface area contributed by atoms with Crippen molar-refractivity contribution in [2.75, 3.05) is 13.1 Å². The largest absolute Gasteiger partial charge is 0.467 e. The highest BCUT2D eigenvalue weighted by atomic mass is 19.1. The van der Waals surface area contributed by atoms with E-state index in [1.165, 1.54) is 12.1 Å². The van der Waals surface area contributed by atoms with Crippen molar-refractivity contribution >= 4 is 5.96 Å². The number of hydrogen-bond acceptors (Lipinski definition) is 2. The van der Waals surface area contributed by atoms with E-state index >= 15 is 0 Å². The maximum atomic E-state index is 13.5. The van der Waals surface area contributed by atoms with E-state index in [2.05, 4.69) is 15.6 Å². The van der Waals surface area contributed by atoms with Crippen LogP contribution in [0.5, 0.6) is 0 Å². The van der Waals surface area contributed by atoms with Crippen LogP contribution in [0, 0.1) is 11.6 Å². The smallest absolute Gasteiger partial charge is 0.191 e. The van der Waals surface area contributed by atoms with Crippen molar-refractivity contribution in [2.45, 2.75) is 19.9 Å². The van der Waals surface area contributed by atoms with Crippen molar-refractivity contribution < 1.29 is 13.2 Å². The van der Waals surface area contributed by atoms with Crippen LogP contribution in [0.3, 0.4) is 0 Å². The fraction of sp³-hybridized carbons (Fsp3) is 0.312. The average molecular weight is 307 g/mol. The fourth-order valence-electron chi connectivity index (χ4n) is 1.94. The van der Waals surface area contributed by atoms with E-state index in [1.807, 2.05) is 19.1 Å². The molecule has 2 N–H and O–H groups in total. The second-order valence-electron chi connectivity index (χ2n) is 4.69. The third kappa shape index (κ3) is 4.87. The van der Waals surface area contributed by atoms with Gasteiger partial charge in [0, 0.05) is 19.2 Å². The molecule has 1 aromatic carbocycles. The highest BCUT2D eigenvalue weighted by Gasteiger charge is 2.04. The minimum absolute atomic E-state index is 0.424. The molecule has 0 aliphatic heterocycles. The summed E-state index contributed by atoms with van der Waals surface area (Å²) in [6.45, 7) is 3.60. The molecule has 2 aromatic rings. The summed E-state index contributed by atoms with van der Waals surface area (Å²) in [4.78, 5) is 4.37. The molecule has 0 saturated heterocycles. The first-order valence-corrected chi connectivity index (χ1v) is 7.17. The zero-order chi connectivity index (χ0) is 15.8. The van der Waals surface area contributed by atoms with Crippen molar-refractivity contribution in [1.29, 1.82) is 0 Å². The second kappa shape index (κ2) is 8.17. The Kier molecular flexibility index (Phi) is 5.94. The normalized spacial score (nSPS) is 11.5. The molecular weight excluding hydrogens is 288 g/mol. The molecule has 0 saturated carbocycles. The molecule has 22 heavy (non-hydrogen) atoms. The van der Waals surface area contributed by atoms with E-state index in [0.717, 1.165) is 18.4 Å². The quantitative estimate of drug-likeness (QED) is 0.637. The number of aliphatic imine (C=N–C) groups is 1. The molecule has 0 amide bonds. The lowest BCUT2D eigenvalue weighted by molar-refractivity contribution is 0.512. The van der Waals surface area contributed by atoms with Crippen molar-refractivity contribution in [1.82, 2.24) is 10.6 Å². The molecule has 0 fully saturated rings. The zero-order valence-electron chi connectivity index (χ0n) is 12.4. The maximum Gasteiger partial charge on any atom is 0.191 e. The highest BCUT2D eigenvalue weighted by Crippen LogP contribution is 2.09. The zero-order valence-corrected chi connectivity index (χ0v) is 12.4. The van der Waals surface area contributed by atoms with E-state index in [-0.39, 0.29) is 0 Å². The highest BCUT2D eigenvalue weighted by molar-refractivity contribution is 5.79. The van der Waals surface area contributed by atoms with Gasteiger partial charge in [0.15, 0.2) is 5.96 Å². The number of halogens is 2. The monoisotopic (exact) mass is 307 g/mol. The molecule has 0 spiro atoms. The minimum Gasteiger partial charge on any atom is -0.467 e. The molecule has 1 heterocycles. The molecule has 4 nitrogen and oxygen atoms in total. The van der Waals surface area contributed by atoms with Crippen LogP contribution >= 0.6 is 0 Å². The van der Waals surface area contributed by atoms with Gasteiger partial charge in [0.05, 0.1) is 6.26 Å². The van der Waals surface area contributed by atoms with Gasteiger partial charge in [0.1, 0.15) is 23.9 Å². The van der Waals surface area contributed by atoms with Gasteiger partial charge in [0.25, 0.3) is 0 Å². The van der Waals surface area contributed by atoms with E-state index in [1.54, 1.807) is 6.26 Å². The number of benzene rings is 1. The summed E-state index contributed by atoms with van der Waals surface area (Å²) in [6, 6.07) is 7.27. The molecule has 118 valence electrons. The Morgan fingerprint density at radius 2 is 2.09 bits per heavy atom. The lowest BCUT2D eigenvalue weighted by atomic mass is 10.1. The Labute approximate surface area is 128 Å². The molecule has 0 bridgehead atoms. The van der Waals surface area contributed by atoms with E-state index in [4.69, 9.17) is 4.42 Å². The van der Waals surface area contributed by atoms with Crippen molar-refractivity contribution in [2.24, 2.45) is 4.99 Å². The van der Waals surface area contributed by atoms with Crippen LogP contribution in [0.25, 0.3) is 0 Å². The lowest BCUT2D eigenvalue weighted by Gasteiger charge is -2.11. The van der Waals surface area contributed by atoms with Crippen LogP contribution in [0.4, 0.5) is 8.78 Å². The SMILES string of the molecule is CCNC(=NCc1ccco1)NCCc1ccc(F)cc1F. The van der Waals surface area contributed by atoms with Crippen LogP contribution < -0.4 is 10.6 Å². The summed E-state index contributed by atoms with van der Waals surface area (Å²) in [5.74, 6) is 0.296. The molecule has 0 atom stereocenters. The van der Waals surface area contributed by atoms with Crippen LogP contribution in [-0.2, 0) is 13.0 Å². The standard InChI is InChI=1S/C16H19F2N3O/c1-2-19-16(21-11-14-4-3-9-22-14)20-8-7-12-5-6-13(17)10-15(12)18/h3-6,9-10H,2,7-8,11H2,1H3,(H2,19,20,21). The molecule has 0 aliphatic rings. The van der Waals surface area contributed by atoms with E-state index < -0.39 is 11.6 Å². The first kappa shape index (κ1) is 16.0. The summed E-state index contributed by atoms with van der Waals surface area (Å²) in [5, 5.41) is 6.21. The van der Waals surface area contributed by atoms with Gasteiger partial charge >= 0.3 is 0 Å². The van der Waals surface area contributed by atoms with Gasteiger partial charge in [-0.25, -0.2) is 13.8 Å². The first-order valence-electron chi connectivity index (χ1n) is 7.17. The Balaban J connectivity index is 1.87. The summed E-state index contributed by atoms with van der Waals surface area (Å²) in [7, 11) is 0. The summed E-state index contributed by atoms with van der Waals surface area (Å²) >= 11 is 0. The van der Waals surface area contributed by atoms with E-state index in [0.29, 0.717) is 31.0 Å². The van der Waals surface area contributed by atoms with Gasteiger partial charge in [-0.2, -0.15) is 0 Å². The fourth-order valence-corrected chi connectivity index (χ4v) is 1.94. The lowest BCUT2D eigenvalue weighted by Crippen LogP contribution is -2.38. The summed E-state index contributed by atoms with van der Waals surface area (Å²) in [6.07, 6.45) is 2.04. The molecule has 0 aliphatic carbocycles. The van der Waals surface area contributed by atoms with Crippen molar-refractivity contribution in [3.05, 3.63) is 59.6 Å². The van der Waals surface area contributed by atoms with Gasteiger partial charge in [-0.05, 0) is 37.1 Å². The third-order valence-electron chi connectivity index (χ3n) is 3.02. The third-order valence-corrected chi connectivity index (χ3v) is 3.02. The number of nitrogens with one attached hydrogen (secondary N) is 2. The molecule has 0 radical (unpaired) electrons. The van der Waals surface area contributed by atoms with Crippen LogP contribution in [-0.4, -0.2) is 19.0 Å². The topological polar surface area (TPSA) is 49.6 Å². The van der Waals surface area contributed by atoms with Crippen LogP contribution in [0.2, 0.25) is 0 Å². The maximum absolute atomic E-state index is 13.5. The van der Waals surface area contributed by atoms with Crippen molar-refractivity contribution in [3.63, 3.8) is 0 Å². The van der Waals surface area contributed by atoms with Crippen LogP contribution in [0.1, 0.15) is 18.2 Å². The van der Waals surface area contributed by atoms with Crippen molar-refractivity contribution in [3.8, 4) is 0 Å². The summed E-state index contributed by atoms with van der Waals surface area (Å²) in [5.41, 5.74) is 0.468. The Hall–Kier alpha value is -2.37. The predicted octanol–water partition coefficient (Wildman–Crippen LogP) is 2.86. The van der Waals surface area contributed by atoms with Crippen LogP contribution in [0.15, 0.2) is 46.0 Å². The second-order valence-corrected chi connectivity index (χ2v) is 4.69. The van der Waals surface area contributed by atoms with Gasteiger partial charge in [-0.3, -0.25) is 0 Å². The molecule has 2 rings (SSSR count). The molecular formula is C16H19F2N3O. The Morgan fingerprint density at radius 1 is 1.23 bits per heavy atom. The number of hydrogen-bond donors (Lipinski definition) is 2. The van der Waals surface area contributed by atoms with E-state index in [9.17, 15) is 8.78 Å². The average Bonchev–Trinajstić information content (AvgIpc) is 3.00. The molecule has 0 unspecified atom stereocenters. The summed E-state index contributed by atoms with van der Waals surface area (Å²) < 4.78 is 31.6. The molecule has 6 heteroatoms. The Bertz CT molecular complexity index is 612.